The Hall–Kier alpha value is -1.78. The van der Waals surface area contributed by atoms with Crippen LogP contribution in [-0.2, 0) is 6.42 Å². The minimum atomic E-state index is 0.373. The first-order chi connectivity index (χ1) is 6.40. The molecule has 0 aromatic carbocycles. The highest BCUT2D eigenvalue weighted by molar-refractivity contribution is 5.37. The van der Waals surface area contributed by atoms with E-state index in [-0.39, 0.29) is 0 Å². The molecule has 66 valence electrons. The number of aromatic nitrogens is 4. The molecule has 0 radical (unpaired) electrons. The predicted molar refractivity (Wildman–Crippen MR) is 44.7 cm³/mol. The van der Waals surface area contributed by atoms with Gasteiger partial charge in [0.25, 0.3) is 5.89 Å². The summed E-state index contributed by atoms with van der Waals surface area (Å²) in [6, 6.07) is 1.74. The summed E-state index contributed by atoms with van der Waals surface area (Å²) >= 11 is 0. The topological polar surface area (TPSA) is 64.7 Å². The van der Waals surface area contributed by atoms with Gasteiger partial charge in [-0.3, -0.25) is 0 Å². The number of hydrogen-bond acceptors (Lipinski definition) is 5. The lowest BCUT2D eigenvalue weighted by atomic mass is 10.5. The van der Waals surface area contributed by atoms with Gasteiger partial charge in [0.2, 0.25) is 11.7 Å². The minimum Gasteiger partial charge on any atom is -0.418 e. The van der Waals surface area contributed by atoms with Crippen molar-refractivity contribution in [2.75, 3.05) is 0 Å². The van der Waals surface area contributed by atoms with Gasteiger partial charge in [-0.2, -0.15) is 0 Å². The molecule has 2 aromatic rings. The van der Waals surface area contributed by atoms with Gasteiger partial charge in [0.05, 0.1) is 0 Å². The summed E-state index contributed by atoms with van der Waals surface area (Å²) in [5.41, 5.74) is 0. The standard InChI is InChI=1S/C8H8N4O/c1-2-6-11-12-8(13-6)7-9-4-3-5-10-7/h3-5H,2H2,1H3. The molecule has 2 heterocycles. The van der Waals surface area contributed by atoms with Gasteiger partial charge in [0.1, 0.15) is 0 Å². The first kappa shape index (κ1) is 7.85. The molecule has 0 spiro atoms. The van der Waals surface area contributed by atoms with E-state index < -0.39 is 0 Å². The third-order valence-corrected chi connectivity index (χ3v) is 1.53. The fraction of sp³-hybridized carbons (Fsp3) is 0.250. The Labute approximate surface area is 74.9 Å². The molecule has 0 saturated heterocycles. The molecule has 5 nitrogen and oxygen atoms in total. The van der Waals surface area contributed by atoms with E-state index >= 15 is 0 Å². The summed E-state index contributed by atoms with van der Waals surface area (Å²) in [5.74, 6) is 1.44. The highest BCUT2D eigenvalue weighted by Gasteiger charge is 2.08. The van der Waals surface area contributed by atoms with E-state index in [4.69, 9.17) is 4.42 Å². The lowest BCUT2D eigenvalue weighted by molar-refractivity contribution is 0.509. The fourth-order valence-corrected chi connectivity index (χ4v) is 0.896. The Morgan fingerprint density at radius 3 is 2.62 bits per heavy atom. The van der Waals surface area contributed by atoms with Crippen molar-refractivity contribution in [2.45, 2.75) is 13.3 Å². The maximum absolute atomic E-state index is 5.27. The Morgan fingerprint density at radius 2 is 2.00 bits per heavy atom. The van der Waals surface area contributed by atoms with Gasteiger partial charge >= 0.3 is 0 Å². The zero-order valence-corrected chi connectivity index (χ0v) is 7.14. The van der Waals surface area contributed by atoms with Crippen molar-refractivity contribution < 1.29 is 4.42 Å². The van der Waals surface area contributed by atoms with Crippen molar-refractivity contribution in [3.05, 3.63) is 24.4 Å². The first-order valence-corrected chi connectivity index (χ1v) is 4.00. The largest absolute Gasteiger partial charge is 0.418 e. The van der Waals surface area contributed by atoms with Crippen LogP contribution in [0.3, 0.4) is 0 Å². The lowest BCUT2D eigenvalue weighted by Crippen LogP contribution is -1.85. The van der Waals surface area contributed by atoms with Crippen LogP contribution in [-0.4, -0.2) is 20.2 Å². The molecular formula is C8H8N4O. The van der Waals surface area contributed by atoms with Crippen LogP contribution in [0.25, 0.3) is 11.7 Å². The second-order valence-corrected chi connectivity index (χ2v) is 2.43. The zero-order valence-electron chi connectivity index (χ0n) is 7.14. The van der Waals surface area contributed by atoms with Gasteiger partial charge in [0, 0.05) is 18.8 Å². The maximum Gasteiger partial charge on any atom is 0.285 e. The Morgan fingerprint density at radius 1 is 1.23 bits per heavy atom. The fourth-order valence-electron chi connectivity index (χ4n) is 0.896. The Kier molecular flexibility index (Phi) is 1.99. The van der Waals surface area contributed by atoms with Crippen molar-refractivity contribution in [1.82, 2.24) is 20.2 Å². The molecule has 13 heavy (non-hydrogen) atoms. The molecule has 2 rings (SSSR count). The van der Waals surface area contributed by atoms with E-state index in [2.05, 4.69) is 20.2 Å². The quantitative estimate of drug-likeness (QED) is 0.685. The van der Waals surface area contributed by atoms with E-state index in [0.717, 1.165) is 6.42 Å². The summed E-state index contributed by atoms with van der Waals surface area (Å²) in [6.45, 7) is 1.95. The Balaban J connectivity index is 2.36. The zero-order chi connectivity index (χ0) is 9.10. The summed E-state index contributed by atoms with van der Waals surface area (Å²) in [4.78, 5) is 7.98. The van der Waals surface area contributed by atoms with Crippen LogP contribution in [0.5, 0.6) is 0 Å². The monoisotopic (exact) mass is 176 g/mol. The number of rotatable bonds is 2. The average molecular weight is 176 g/mol. The van der Waals surface area contributed by atoms with Gasteiger partial charge in [-0.05, 0) is 6.07 Å². The third-order valence-electron chi connectivity index (χ3n) is 1.53. The maximum atomic E-state index is 5.27. The van der Waals surface area contributed by atoms with Gasteiger partial charge in [-0.15, -0.1) is 10.2 Å². The van der Waals surface area contributed by atoms with Crippen LogP contribution in [0, 0.1) is 0 Å². The molecular weight excluding hydrogens is 168 g/mol. The summed E-state index contributed by atoms with van der Waals surface area (Å²) in [7, 11) is 0. The first-order valence-electron chi connectivity index (χ1n) is 4.00. The summed E-state index contributed by atoms with van der Waals surface area (Å²) in [6.07, 6.45) is 4.00. The molecule has 2 aromatic heterocycles. The van der Waals surface area contributed by atoms with E-state index in [1.54, 1.807) is 18.5 Å². The molecule has 0 N–H and O–H groups in total. The van der Waals surface area contributed by atoms with Gasteiger partial charge in [0.15, 0.2) is 0 Å². The van der Waals surface area contributed by atoms with E-state index in [1.807, 2.05) is 6.92 Å². The molecule has 0 atom stereocenters. The van der Waals surface area contributed by atoms with E-state index in [1.165, 1.54) is 0 Å². The molecule has 0 aliphatic carbocycles. The van der Waals surface area contributed by atoms with Gasteiger partial charge in [-0.25, -0.2) is 9.97 Å². The third kappa shape index (κ3) is 1.53. The predicted octanol–water partition coefficient (Wildman–Crippen LogP) is 1.09. The van der Waals surface area contributed by atoms with Crippen molar-refractivity contribution in [1.29, 1.82) is 0 Å². The van der Waals surface area contributed by atoms with Crippen LogP contribution >= 0.6 is 0 Å². The highest BCUT2D eigenvalue weighted by atomic mass is 16.4. The molecule has 0 amide bonds. The second kappa shape index (κ2) is 3.30. The van der Waals surface area contributed by atoms with Crippen LogP contribution in [0.2, 0.25) is 0 Å². The van der Waals surface area contributed by atoms with E-state index in [9.17, 15) is 0 Å². The normalized spacial score (nSPS) is 10.2. The van der Waals surface area contributed by atoms with E-state index in [0.29, 0.717) is 17.6 Å². The minimum absolute atomic E-state index is 0.373. The molecule has 0 aliphatic heterocycles. The summed E-state index contributed by atoms with van der Waals surface area (Å²) in [5, 5.41) is 7.63. The smallest absolute Gasteiger partial charge is 0.285 e. The van der Waals surface area contributed by atoms with Crippen LogP contribution in [0.4, 0.5) is 0 Å². The summed E-state index contributed by atoms with van der Waals surface area (Å²) < 4.78 is 5.27. The van der Waals surface area contributed by atoms with Crippen molar-refractivity contribution in [3.63, 3.8) is 0 Å². The molecule has 0 aliphatic rings. The Bertz CT molecular complexity index is 384. The molecule has 0 fully saturated rings. The number of hydrogen-bond donors (Lipinski definition) is 0. The van der Waals surface area contributed by atoms with Crippen LogP contribution < -0.4 is 0 Å². The van der Waals surface area contributed by atoms with Gasteiger partial charge < -0.3 is 4.42 Å². The average Bonchev–Trinajstić information content (AvgIpc) is 2.67. The van der Waals surface area contributed by atoms with Crippen molar-refractivity contribution in [2.24, 2.45) is 0 Å². The van der Waals surface area contributed by atoms with Crippen LogP contribution in [0.15, 0.2) is 22.9 Å². The number of aryl methyl sites for hydroxylation is 1. The SMILES string of the molecule is CCc1nnc(-c2ncccn2)o1. The second-order valence-electron chi connectivity index (χ2n) is 2.43. The molecule has 0 saturated carbocycles. The molecule has 0 bridgehead atoms. The lowest BCUT2D eigenvalue weighted by Gasteiger charge is -1.89. The highest BCUT2D eigenvalue weighted by Crippen LogP contribution is 2.11. The van der Waals surface area contributed by atoms with Crippen molar-refractivity contribution in [3.8, 4) is 11.7 Å². The van der Waals surface area contributed by atoms with Gasteiger partial charge in [-0.1, -0.05) is 6.92 Å². The van der Waals surface area contributed by atoms with Crippen molar-refractivity contribution >= 4 is 0 Å². The molecule has 5 heteroatoms. The number of nitrogens with zero attached hydrogens (tertiary/aromatic N) is 4. The molecule has 0 unspecified atom stereocenters. The van der Waals surface area contributed by atoms with Crippen LogP contribution in [0.1, 0.15) is 12.8 Å².